The standard InChI is InChI=1S/C19H21FN2O3/c1-12(8-18(23)13-2-5-16(20)6-3-13)21-19(24)22-17-7-4-14-10-25-11-15(14)9-17/h2-7,9,12,18,23H,8,10-11H2,1H3,(H2,21,22,24). The molecule has 1 aliphatic heterocycles. The Morgan fingerprint density at radius 2 is 1.92 bits per heavy atom. The molecule has 0 saturated heterocycles. The van der Waals surface area contributed by atoms with Crippen LogP contribution in [-0.2, 0) is 18.0 Å². The average Bonchev–Trinajstić information content (AvgIpc) is 3.02. The molecule has 2 unspecified atom stereocenters. The lowest BCUT2D eigenvalue weighted by atomic mass is 10.0. The number of amides is 2. The summed E-state index contributed by atoms with van der Waals surface area (Å²) < 4.78 is 18.3. The summed E-state index contributed by atoms with van der Waals surface area (Å²) in [6, 6.07) is 10.8. The first-order valence-electron chi connectivity index (χ1n) is 8.22. The molecule has 2 aromatic rings. The quantitative estimate of drug-likeness (QED) is 0.777. The molecule has 0 bridgehead atoms. The van der Waals surface area contributed by atoms with E-state index in [1.54, 1.807) is 12.1 Å². The van der Waals surface area contributed by atoms with E-state index in [-0.39, 0.29) is 17.9 Å². The summed E-state index contributed by atoms with van der Waals surface area (Å²) in [4.78, 5) is 12.1. The second-order valence-corrected chi connectivity index (χ2v) is 6.28. The number of aliphatic hydroxyl groups is 1. The molecule has 2 amide bonds. The first-order chi connectivity index (χ1) is 12.0. The molecule has 132 valence electrons. The molecule has 3 N–H and O–H groups in total. The normalized spacial score (nSPS) is 15.3. The molecule has 0 aliphatic carbocycles. The van der Waals surface area contributed by atoms with Gasteiger partial charge in [0.2, 0.25) is 0 Å². The highest BCUT2D eigenvalue weighted by molar-refractivity contribution is 5.89. The van der Waals surface area contributed by atoms with E-state index < -0.39 is 6.10 Å². The number of hydrogen-bond donors (Lipinski definition) is 3. The van der Waals surface area contributed by atoms with Gasteiger partial charge in [0.25, 0.3) is 0 Å². The third-order valence-electron chi connectivity index (χ3n) is 4.19. The van der Waals surface area contributed by atoms with Crippen LogP contribution in [0.5, 0.6) is 0 Å². The van der Waals surface area contributed by atoms with Gasteiger partial charge in [-0.15, -0.1) is 0 Å². The molecular weight excluding hydrogens is 323 g/mol. The maximum absolute atomic E-state index is 12.9. The lowest BCUT2D eigenvalue weighted by Crippen LogP contribution is -2.37. The zero-order valence-electron chi connectivity index (χ0n) is 14.0. The van der Waals surface area contributed by atoms with Gasteiger partial charge in [0.1, 0.15) is 5.82 Å². The van der Waals surface area contributed by atoms with Crippen LogP contribution in [-0.4, -0.2) is 17.2 Å². The van der Waals surface area contributed by atoms with Gasteiger partial charge in [0.05, 0.1) is 19.3 Å². The minimum absolute atomic E-state index is 0.252. The van der Waals surface area contributed by atoms with E-state index in [2.05, 4.69) is 10.6 Å². The topological polar surface area (TPSA) is 70.6 Å². The van der Waals surface area contributed by atoms with Crippen molar-refractivity contribution in [3.63, 3.8) is 0 Å². The minimum atomic E-state index is -0.770. The monoisotopic (exact) mass is 344 g/mol. The van der Waals surface area contributed by atoms with Crippen molar-refractivity contribution in [2.75, 3.05) is 5.32 Å². The van der Waals surface area contributed by atoms with Crippen LogP contribution in [0.4, 0.5) is 14.9 Å². The number of carbonyl (C=O) groups is 1. The molecule has 6 heteroatoms. The molecule has 0 spiro atoms. The molecule has 3 rings (SSSR count). The maximum atomic E-state index is 12.9. The molecule has 0 fully saturated rings. The molecule has 5 nitrogen and oxygen atoms in total. The summed E-state index contributed by atoms with van der Waals surface area (Å²) in [7, 11) is 0. The number of fused-ring (bicyclic) bond motifs is 1. The molecule has 2 atom stereocenters. The van der Waals surface area contributed by atoms with Gasteiger partial charge in [-0.25, -0.2) is 9.18 Å². The molecule has 0 aromatic heterocycles. The van der Waals surface area contributed by atoms with E-state index in [4.69, 9.17) is 4.74 Å². The highest BCUT2D eigenvalue weighted by Gasteiger charge is 2.16. The summed E-state index contributed by atoms with van der Waals surface area (Å²) in [5.74, 6) is -0.346. The van der Waals surface area contributed by atoms with Crippen LogP contribution in [0.3, 0.4) is 0 Å². The molecular formula is C19H21FN2O3. The number of carbonyl (C=O) groups excluding carboxylic acids is 1. The fraction of sp³-hybridized carbons (Fsp3) is 0.316. The van der Waals surface area contributed by atoms with Crippen molar-refractivity contribution in [2.24, 2.45) is 0 Å². The first kappa shape index (κ1) is 17.4. The van der Waals surface area contributed by atoms with Crippen LogP contribution in [0.25, 0.3) is 0 Å². The highest BCUT2D eigenvalue weighted by atomic mass is 19.1. The van der Waals surface area contributed by atoms with E-state index in [9.17, 15) is 14.3 Å². The Hall–Kier alpha value is -2.44. The third kappa shape index (κ3) is 4.55. The van der Waals surface area contributed by atoms with Gasteiger partial charge in [0, 0.05) is 11.7 Å². The molecule has 1 aliphatic rings. The Morgan fingerprint density at radius 3 is 2.68 bits per heavy atom. The second kappa shape index (κ2) is 7.63. The van der Waals surface area contributed by atoms with Crippen LogP contribution in [0.15, 0.2) is 42.5 Å². The summed E-state index contributed by atoms with van der Waals surface area (Å²) >= 11 is 0. The summed E-state index contributed by atoms with van der Waals surface area (Å²) in [6.45, 7) is 2.98. The van der Waals surface area contributed by atoms with Crippen molar-refractivity contribution >= 4 is 11.7 Å². The lowest BCUT2D eigenvalue weighted by molar-refractivity contribution is 0.134. The molecule has 25 heavy (non-hydrogen) atoms. The zero-order chi connectivity index (χ0) is 17.8. The Balaban J connectivity index is 1.51. The molecule has 2 aromatic carbocycles. The molecule has 1 heterocycles. The number of hydrogen-bond acceptors (Lipinski definition) is 3. The van der Waals surface area contributed by atoms with Crippen molar-refractivity contribution in [3.05, 3.63) is 65.0 Å². The zero-order valence-corrected chi connectivity index (χ0v) is 14.0. The van der Waals surface area contributed by atoms with Crippen molar-refractivity contribution < 1.29 is 19.0 Å². The number of nitrogens with one attached hydrogen (secondary N) is 2. The van der Waals surface area contributed by atoms with Crippen LogP contribution < -0.4 is 10.6 Å². The Labute approximate surface area is 145 Å². The van der Waals surface area contributed by atoms with Crippen LogP contribution in [0.2, 0.25) is 0 Å². The number of benzene rings is 2. The van der Waals surface area contributed by atoms with Crippen molar-refractivity contribution in [1.29, 1.82) is 0 Å². The second-order valence-electron chi connectivity index (χ2n) is 6.28. The SMILES string of the molecule is CC(CC(O)c1ccc(F)cc1)NC(=O)Nc1ccc2c(c1)COC2. The first-order valence-corrected chi connectivity index (χ1v) is 8.22. The average molecular weight is 344 g/mol. The van der Waals surface area contributed by atoms with Crippen LogP contribution in [0, 0.1) is 5.82 Å². The van der Waals surface area contributed by atoms with Crippen molar-refractivity contribution in [1.82, 2.24) is 5.32 Å². The minimum Gasteiger partial charge on any atom is -0.388 e. The van der Waals surface area contributed by atoms with Gasteiger partial charge in [-0.1, -0.05) is 18.2 Å². The maximum Gasteiger partial charge on any atom is 0.319 e. The number of ether oxygens (including phenoxy) is 1. The van der Waals surface area contributed by atoms with Crippen LogP contribution in [0.1, 0.15) is 36.1 Å². The van der Waals surface area contributed by atoms with Crippen molar-refractivity contribution in [3.8, 4) is 0 Å². The smallest absolute Gasteiger partial charge is 0.319 e. The van der Waals surface area contributed by atoms with E-state index in [1.807, 2.05) is 25.1 Å². The van der Waals surface area contributed by atoms with Crippen LogP contribution >= 0.6 is 0 Å². The number of urea groups is 1. The number of halogens is 1. The van der Waals surface area contributed by atoms with Crippen molar-refractivity contribution in [2.45, 2.75) is 38.7 Å². The number of aliphatic hydroxyl groups excluding tert-OH is 1. The van der Waals surface area contributed by atoms with Gasteiger partial charge < -0.3 is 20.5 Å². The van der Waals surface area contributed by atoms with E-state index in [0.717, 1.165) is 11.1 Å². The van der Waals surface area contributed by atoms with Gasteiger partial charge in [-0.2, -0.15) is 0 Å². The molecule has 0 radical (unpaired) electrons. The number of rotatable bonds is 5. The lowest BCUT2D eigenvalue weighted by Gasteiger charge is -2.18. The fourth-order valence-corrected chi connectivity index (χ4v) is 2.86. The van der Waals surface area contributed by atoms with Gasteiger partial charge in [-0.05, 0) is 54.3 Å². The fourth-order valence-electron chi connectivity index (χ4n) is 2.86. The predicted molar refractivity (Wildman–Crippen MR) is 92.5 cm³/mol. The van der Waals surface area contributed by atoms with E-state index in [1.165, 1.54) is 12.1 Å². The van der Waals surface area contributed by atoms with Gasteiger partial charge in [-0.3, -0.25) is 0 Å². The Bertz CT molecular complexity index is 749. The van der Waals surface area contributed by atoms with Gasteiger partial charge >= 0.3 is 6.03 Å². The number of anilines is 1. The Morgan fingerprint density at radius 1 is 1.20 bits per heavy atom. The summed E-state index contributed by atoms with van der Waals surface area (Å²) in [5.41, 5.74) is 3.54. The van der Waals surface area contributed by atoms with E-state index in [0.29, 0.717) is 30.9 Å². The van der Waals surface area contributed by atoms with E-state index >= 15 is 0 Å². The highest BCUT2D eigenvalue weighted by Crippen LogP contribution is 2.23. The predicted octanol–water partition coefficient (Wildman–Crippen LogP) is 3.49. The Kier molecular flexibility index (Phi) is 5.31. The molecule has 0 saturated carbocycles. The summed E-state index contributed by atoms with van der Waals surface area (Å²) in [6.07, 6.45) is -0.440. The summed E-state index contributed by atoms with van der Waals surface area (Å²) in [5, 5.41) is 15.8. The van der Waals surface area contributed by atoms with Gasteiger partial charge in [0.15, 0.2) is 0 Å². The third-order valence-corrected chi connectivity index (χ3v) is 4.19. The largest absolute Gasteiger partial charge is 0.388 e.